The lowest BCUT2D eigenvalue weighted by atomic mass is 9.99. The molecule has 2 aromatic carbocycles. The maximum atomic E-state index is 12.2. The van der Waals surface area contributed by atoms with Crippen molar-refractivity contribution in [1.82, 2.24) is 0 Å². The molecule has 2 rings (SSSR count). The lowest BCUT2D eigenvalue weighted by Gasteiger charge is -2.14. The van der Waals surface area contributed by atoms with Crippen molar-refractivity contribution in [3.63, 3.8) is 0 Å². The van der Waals surface area contributed by atoms with Crippen LogP contribution in [-0.4, -0.2) is 25.0 Å². The first-order valence-electron chi connectivity index (χ1n) is 6.55. The molecule has 20 heavy (non-hydrogen) atoms. The van der Waals surface area contributed by atoms with Crippen molar-refractivity contribution < 1.29 is 9.90 Å². The molecule has 0 unspecified atom stereocenters. The Bertz CT molecular complexity index is 585. The normalized spacial score (nSPS) is 12.0. The molecular formula is C17H19NO2. The molecule has 1 atom stereocenters. The summed E-state index contributed by atoms with van der Waals surface area (Å²) in [6.07, 6.45) is -1.11. The number of benzene rings is 2. The van der Waals surface area contributed by atoms with Crippen LogP contribution in [0.4, 0.5) is 5.69 Å². The van der Waals surface area contributed by atoms with Crippen molar-refractivity contribution in [3.05, 3.63) is 65.2 Å². The van der Waals surface area contributed by atoms with Gasteiger partial charge in [-0.2, -0.15) is 0 Å². The zero-order chi connectivity index (χ0) is 14.7. The Morgan fingerprint density at radius 3 is 2.05 bits per heavy atom. The smallest absolute Gasteiger partial charge is 0.195 e. The summed E-state index contributed by atoms with van der Waals surface area (Å²) in [5.41, 5.74) is 3.26. The third kappa shape index (κ3) is 3.06. The molecule has 3 nitrogen and oxygen atoms in total. The van der Waals surface area contributed by atoms with Gasteiger partial charge >= 0.3 is 0 Å². The van der Waals surface area contributed by atoms with E-state index in [9.17, 15) is 9.90 Å². The highest BCUT2D eigenvalue weighted by atomic mass is 16.3. The van der Waals surface area contributed by atoms with E-state index in [4.69, 9.17) is 0 Å². The first kappa shape index (κ1) is 14.3. The molecule has 3 heteroatoms. The Balaban J connectivity index is 2.20. The number of rotatable bonds is 4. The van der Waals surface area contributed by atoms with Crippen molar-refractivity contribution in [1.29, 1.82) is 0 Å². The first-order chi connectivity index (χ1) is 9.49. The minimum absolute atomic E-state index is 0.279. The van der Waals surface area contributed by atoms with Crippen molar-refractivity contribution >= 4 is 11.5 Å². The fraction of sp³-hybridized carbons (Fsp3) is 0.235. The second-order valence-electron chi connectivity index (χ2n) is 5.12. The highest BCUT2D eigenvalue weighted by Gasteiger charge is 2.18. The van der Waals surface area contributed by atoms with E-state index in [1.165, 1.54) is 0 Å². The molecule has 0 aliphatic carbocycles. The zero-order valence-corrected chi connectivity index (χ0v) is 12.0. The molecule has 0 aliphatic rings. The minimum Gasteiger partial charge on any atom is -0.380 e. The van der Waals surface area contributed by atoms with Crippen LogP contribution in [0, 0.1) is 6.92 Å². The van der Waals surface area contributed by atoms with Gasteiger partial charge in [0.1, 0.15) is 6.10 Å². The molecule has 0 radical (unpaired) electrons. The lowest BCUT2D eigenvalue weighted by molar-refractivity contribution is 0.0747. The van der Waals surface area contributed by atoms with Crippen LogP contribution in [0.15, 0.2) is 48.5 Å². The van der Waals surface area contributed by atoms with Gasteiger partial charge in [0.2, 0.25) is 0 Å². The summed E-state index contributed by atoms with van der Waals surface area (Å²) in [6, 6.07) is 14.6. The molecule has 0 fully saturated rings. The van der Waals surface area contributed by atoms with Crippen LogP contribution in [0.3, 0.4) is 0 Å². The van der Waals surface area contributed by atoms with Crippen molar-refractivity contribution in [3.8, 4) is 0 Å². The Morgan fingerprint density at radius 1 is 1.00 bits per heavy atom. The van der Waals surface area contributed by atoms with Gasteiger partial charge in [0.25, 0.3) is 0 Å². The molecular weight excluding hydrogens is 250 g/mol. The number of Topliss-reactive ketones (excluding diaryl/α,β-unsaturated/α-hetero) is 1. The summed E-state index contributed by atoms with van der Waals surface area (Å²) in [5, 5.41) is 10.2. The van der Waals surface area contributed by atoms with Crippen molar-refractivity contribution in [2.24, 2.45) is 0 Å². The number of aliphatic hydroxyl groups excluding tert-OH is 1. The van der Waals surface area contributed by atoms with Gasteiger partial charge in [-0.25, -0.2) is 0 Å². The highest BCUT2D eigenvalue weighted by Crippen LogP contribution is 2.20. The Kier molecular flexibility index (Phi) is 4.20. The van der Waals surface area contributed by atoms with Crippen LogP contribution in [-0.2, 0) is 0 Å². The van der Waals surface area contributed by atoms with E-state index in [1.54, 1.807) is 24.3 Å². The number of carbonyl (C=O) groups is 1. The number of nitrogens with zero attached hydrogens (tertiary/aromatic N) is 1. The topological polar surface area (TPSA) is 40.5 Å². The predicted molar refractivity (Wildman–Crippen MR) is 81.2 cm³/mol. The van der Waals surface area contributed by atoms with E-state index in [1.807, 2.05) is 50.2 Å². The van der Waals surface area contributed by atoms with Gasteiger partial charge in [-0.1, -0.05) is 29.8 Å². The summed E-state index contributed by atoms with van der Waals surface area (Å²) in [7, 11) is 3.88. The van der Waals surface area contributed by atoms with Crippen LogP contribution in [0.1, 0.15) is 27.6 Å². The molecule has 0 spiro atoms. The largest absolute Gasteiger partial charge is 0.380 e. The summed E-state index contributed by atoms with van der Waals surface area (Å²) >= 11 is 0. The fourth-order valence-corrected chi connectivity index (χ4v) is 1.98. The van der Waals surface area contributed by atoms with E-state index >= 15 is 0 Å². The standard InChI is InChI=1S/C17H19NO2/c1-12-4-6-13(7-5-12)16(19)17(20)14-8-10-15(11-9-14)18(2)3/h4-11,16,19H,1-3H3/t16-/m0/s1. The predicted octanol–water partition coefficient (Wildman–Crippen LogP) is 2.98. The van der Waals surface area contributed by atoms with E-state index in [2.05, 4.69) is 0 Å². The molecule has 0 heterocycles. The quantitative estimate of drug-likeness (QED) is 0.867. The minimum atomic E-state index is -1.11. The maximum absolute atomic E-state index is 12.2. The maximum Gasteiger partial charge on any atom is 0.195 e. The lowest BCUT2D eigenvalue weighted by Crippen LogP contribution is -2.13. The average molecular weight is 269 g/mol. The third-order valence-corrected chi connectivity index (χ3v) is 3.31. The van der Waals surface area contributed by atoms with Crippen LogP contribution < -0.4 is 4.90 Å². The van der Waals surface area contributed by atoms with Gasteiger partial charge in [0, 0.05) is 25.3 Å². The Morgan fingerprint density at radius 2 is 1.55 bits per heavy atom. The molecule has 2 aromatic rings. The first-order valence-corrected chi connectivity index (χ1v) is 6.55. The Hall–Kier alpha value is -2.13. The van der Waals surface area contributed by atoms with Crippen LogP contribution in [0.2, 0.25) is 0 Å². The number of aliphatic hydroxyl groups is 1. The van der Waals surface area contributed by atoms with Gasteiger partial charge in [0.05, 0.1) is 0 Å². The second kappa shape index (κ2) is 5.88. The van der Waals surface area contributed by atoms with Crippen LogP contribution >= 0.6 is 0 Å². The number of hydrogen-bond acceptors (Lipinski definition) is 3. The van der Waals surface area contributed by atoms with Gasteiger partial charge in [-0.05, 0) is 36.8 Å². The van der Waals surface area contributed by atoms with Crippen molar-refractivity contribution in [2.45, 2.75) is 13.0 Å². The number of carbonyl (C=O) groups excluding carboxylic acids is 1. The average Bonchev–Trinajstić information content (AvgIpc) is 2.46. The van der Waals surface area contributed by atoms with Gasteiger partial charge < -0.3 is 10.0 Å². The highest BCUT2D eigenvalue weighted by molar-refractivity contribution is 6.00. The van der Waals surface area contributed by atoms with E-state index in [0.29, 0.717) is 11.1 Å². The molecule has 1 N–H and O–H groups in total. The number of ketones is 1. The van der Waals surface area contributed by atoms with Crippen LogP contribution in [0.25, 0.3) is 0 Å². The summed E-state index contributed by atoms with van der Waals surface area (Å²) in [4.78, 5) is 14.2. The molecule has 0 aliphatic heterocycles. The Labute approximate surface area is 119 Å². The molecule has 0 aromatic heterocycles. The van der Waals surface area contributed by atoms with E-state index in [0.717, 1.165) is 11.3 Å². The molecule has 0 amide bonds. The van der Waals surface area contributed by atoms with Gasteiger partial charge in [0.15, 0.2) is 5.78 Å². The number of hydrogen-bond donors (Lipinski definition) is 1. The molecule has 104 valence electrons. The summed E-state index contributed by atoms with van der Waals surface area (Å²) < 4.78 is 0. The van der Waals surface area contributed by atoms with Gasteiger partial charge in [-0.15, -0.1) is 0 Å². The third-order valence-electron chi connectivity index (χ3n) is 3.31. The van der Waals surface area contributed by atoms with Crippen LogP contribution in [0.5, 0.6) is 0 Å². The monoisotopic (exact) mass is 269 g/mol. The summed E-state index contributed by atoms with van der Waals surface area (Å²) in [5.74, 6) is -0.279. The fourth-order valence-electron chi connectivity index (χ4n) is 1.98. The molecule has 0 saturated carbocycles. The molecule has 0 saturated heterocycles. The molecule has 0 bridgehead atoms. The van der Waals surface area contributed by atoms with E-state index in [-0.39, 0.29) is 5.78 Å². The van der Waals surface area contributed by atoms with Gasteiger partial charge in [-0.3, -0.25) is 4.79 Å². The number of aryl methyl sites for hydroxylation is 1. The second-order valence-corrected chi connectivity index (χ2v) is 5.12. The van der Waals surface area contributed by atoms with E-state index < -0.39 is 6.10 Å². The SMILES string of the molecule is Cc1ccc([C@H](O)C(=O)c2ccc(N(C)C)cc2)cc1. The summed E-state index contributed by atoms with van der Waals surface area (Å²) in [6.45, 7) is 1.97. The van der Waals surface area contributed by atoms with Crippen molar-refractivity contribution in [2.75, 3.05) is 19.0 Å². The zero-order valence-electron chi connectivity index (χ0n) is 12.0. The number of anilines is 1.